The van der Waals surface area contributed by atoms with Gasteiger partial charge in [-0.3, -0.25) is 4.40 Å². The van der Waals surface area contributed by atoms with Crippen LogP contribution in [0, 0.1) is 0 Å². The molecule has 0 saturated heterocycles. The summed E-state index contributed by atoms with van der Waals surface area (Å²) in [6.45, 7) is 0. The molecule has 0 amide bonds. The third-order valence-electron chi connectivity index (χ3n) is 2.87. The summed E-state index contributed by atoms with van der Waals surface area (Å²) in [5.41, 5.74) is 2.71. The summed E-state index contributed by atoms with van der Waals surface area (Å²) in [5, 5.41) is 0.638. The lowest BCUT2D eigenvalue weighted by Gasteiger charge is -2.07. The number of benzene rings is 1. The average molecular weight is 259 g/mol. The van der Waals surface area contributed by atoms with Crippen molar-refractivity contribution in [3.05, 3.63) is 53.8 Å². The van der Waals surface area contributed by atoms with Gasteiger partial charge in [-0.05, 0) is 24.3 Å². The van der Waals surface area contributed by atoms with Crippen LogP contribution in [0.4, 0.5) is 0 Å². The Morgan fingerprint density at radius 3 is 2.83 bits per heavy atom. The molecule has 90 valence electrons. The number of pyridine rings is 1. The highest BCUT2D eigenvalue weighted by Crippen LogP contribution is 2.31. The number of imidazole rings is 1. The number of hydrogen-bond acceptors (Lipinski definition) is 2. The Kier molecular flexibility index (Phi) is 2.68. The van der Waals surface area contributed by atoms with E-state index < -0.39 is 0 Å². The second-order valence-electron chi connectivity index (χ2n) is 3.89. The fraction of sp³-hybridized carbons (Fsp3) is 0.0714. The molecule has 0 N–H and O–H groups in total. The van der Waals surface area contributed by atoms with Gasteiger partial charge in [0.1, 0.15) is 5.75 Å². The fourth-order valence-corrected chi connectivity index (χ4v) is 2.24. The van der Waals surface area contributed by atoms with E-state index in [0.29, 0.717) is 5.02 Å². The van der Waals surface area contributed by atoms with Crippen LogP contribution < -0.4 is 4.74 Å². The van der Waals surface area contributed by atoms with Crippen LogP contribution in [-0.4, -0.2) is 16.5 Å². The number of nitrogens with zero attached hydrogens (tertiary/aromatic N) is 2. The summed E-state index contributed by atoms with van der Waals surface area (Å²) < 4.78 is 7.33. The maximum absolute atomic E-state index is 6.12. The van der Waals surface area contributed by atoms with Gasteiger partial charge < -0.3 is 4.74 Å². The van der Waals surface area contributed by atoms with Gasteiger partial charge in [-0.15, -0.1) is 0 Å². The van der Waals surface area contributed by atoms with Crippen molar-refractivity contribution < 1.29 is 4.74 Å². The number of methoxy groups -OCH3 is 1. The molecule has 18 heavy (non-hydrogen) atoms. The third kappa shape index (κ3) is 1.64. The first kappa shape index (κ1) is 11.1. The molecule has 3 rings (SSSR count). The Labute approximate surface area is 110 Å². The number of halogens is 1. The number of para-hydroxylation sites is 1. The monoisotopic (exact) mass is 258 g/mol. The number of hydrogen-bond donors (Lipinski definition) is 0. The number of fused-ring (bicyclic) bond motifs is 1. The van der Waals surface area contributed by atoms with Crippen LogP contribution in [0.1, 0.15) is 0 Å². The minimum absolute atomic E-state index is 0.638. The summed E-state index contributed by atoms with van der Waals surface area (Å²) in [4.78, 5) is 4.35. The maximum Gasteiger partial charge on any atom is 0.156 e. The smallest absolute Gasteiger partial charge is 0.156 e. The van der Waals surface area contributed by atoms with Gasteiger partial charge in [0, 0.05) is 11.8 Å². The summed E-state index contributed by atoms with van der Waals surface area (Å²) >= 11 is 6.12. The van der Waals surface area contributed by atoms with Gasteiger partial charge in [0.05, 0.1) is 24.0 Å². The highest BCUT2D eigenvalue weighted by Gasteiger charge is 2.11. The standard InChI is InChI=1S/C14H11ClN2O/c1-18-13-7-3-2-5-10(13)12-9-16-14-11(15)6-4-8-17(12)14/h2-9H,1H3. The first-order valence-corrected chi connectivity index (χ1v) is 5.94. The van der Waals surface area contributed by atoms with Gasteiger partial charge in [-0.1, -0.05) is 23.7 Å². The van der Waals surface area contributed by atoms with Crippen molar-refractivity contribution in [1.82, 2.24) is 9.38 Å². The van der Waals surface area contributed by atoms with Crippen LogP contribution in [0.3, 0.4) is 0 Å². The molecule has 0 bridgehead atoms. The van der Waals surface area contributed by atoms with Crippen molar-refractivity contribution in [3.63, 3.8) is 0 Å². The van der Waals surface area contributed by atoms with Crippen LogP contribution in [0.2, 0.25) is 5.02 Å². The summed E-state index contributed by atoms with van der Waals surface area (Å²) in [5.74, 6) is 0.819. The average Bonchev–Trinajstić information content (AvgIpc) is 2.84. The van der Waals surface area contributed by atoms with E-state index in [4.69, 9.17) is 16.3 Å². The van der Waals surface area contributed by atoms with E-state index in [9.17, 15) is 0 Å². The van der Waals surface area contributed by atoms with Crippen LogP contribution in [0.25, 0.3) is 16.9 Å². The SMILES string of the molecule is COc1ccccc1-c1cnc2c(Cl)cccn12. The van der Waals surface area contributed by atoms with Crippen molar-refractivity contribution in [2.24, 2.45) is 0 Å². The van der Waals surface area contributed by atoms with Crippen molar-refractivity contribution in [3.8, 4) is 17.0 Å². The summed E-state index contributed by atoms with van der Waals surface area (Å²) in [7, 11) is 1.66. The minimum Gasteiger partial charge on any atom is -0.496 e. The molecule has 2 aromatic heterocycles. The lowest BCUT2D eigenvalue weighted by Crippen LogP contribution is -1.91. The molecule has 0 atom stereocenters. The van der Waals surface area contributed by atoms with Gasteiger partial charge in [-0.2, -0.15) is 0 Å². The maximum atomic E-state index is 6.12. The second-order valence-corrected chi connectivity index (χ2v) is 4.30. The quantitative estimate of drug-likeness (QED) is 0.701. The minimum atomic E-state index is 0.638. The van der Waals surface area contributed by atoms with Gasteiger partial charge >= 0.3 is 0 Å². The fourth-order valence-electron chi connectivity index (χ4n) is 2.03. The van der Waals surface area contributed by atoms with Gasteiger partial charge in [-0.25, -0.2) is 4.98 Å². The number of ether oxygens (including phenoxy) is 1. The Bertz CT molecular complexity index is 706. The zero-order valence-electron chi connectivity index (χ0n) is 9.80. The third-order valence-corrected chi connectivity index (χ3v) is 3.17. The van der Waals surface area contributed by atoms with Crippen LogP contribution in [0.5, 0.6) is 5.75 Å². The molecular weight excluding hydrogens is 248 g/mol. The summed E-state index contributed by atoms with van der Waals surface area (Å²) in [6, 6.07) is 11.6. The van der Waals surface area contributed by atoms with Crippen molar-refractivity contribution in [2.75, 3.05) is 7.11 Å². The predicted octanol–water partition coefficient (Wildman–Crippen LogP) is 3.66. The zero-order chi connectivity index (χ0) is 12.5. The van der Waals surface area contributed by atoms with E-state index in [1.165, 1.54) is 0 Å². The van der Waals surface area contributed by atoms with E-state index in [1.807, 2.05) is 47.0 Å². The van der Waals surface area contributed by atoms with E-state index in [1.54, 1.807) is 13.3 Å². The lowest BCUT2D eigenvalue weighted by molar-refractivity contribution is 0.416. The van der Waals surface area contributed by atoms with Crippen LogP contribution in [0.15, 0.2) is 48.8 Å². The lowest BCUT2D eigenvalue weighted by atomic mass is 10.1. The molecular formula is C14H11ClN2O. The van der Waals surface area contributed by atoms with E-state index in [0.717, 1.165) is 22.7 Å². The van der Waals surface area contributed by atoms with Crippen molar-refractivity contribution >= 4 is 17.2 Å². The van der Waals surface area contributed by atoms with Gasteiger partial charge in [0.25, 0.3) is 0 Å². The molecule has 1 aromatic carbocycles. The van der Waals surface area contributed by atoms with Crippen molar-refractivity contribution in [1.29, 1.82) is 0 Å². The molecule has 0 saturated carbocycles. The number of rotatable bonds is 2. The molecule has 0 aliphatic carbocycles. The molecule has 0 radical (unpaired) electrons. The number of aromatic nitrogens is 2. The Hall–Kier alpha value is -2.00. The highest BCUT2D eigenvalue weighted by molar-refractivity contribution is 6.33. The van der Waals surface area contributed by atoms with E-state index in [-0.39, 0.29) is 0 Å². The molecule has 3 nitrogen and oxygen atoms in total. The van der Waals surface area contributed by atoms with E-state index in [2.05, 4.69) is 4.98 Å². The van der Waals surface area contributed by atoms with Gasteiger partial charge in [0.2, 0.25) is 0 Å². The Balaban J connectivity index is 2.29. The zero-order valence-corrected chi connectivity index (χ0v) is 10.6. The van der Waals surface area contributed by atoms with Crippen molar-refractivity contribution in [2.45, 2.75) is 0 Å². The highest BCUT2D eigenvalue weighted by atomic mass is 35.5. The molecule has 0 aliphatic rings. The molecule has 0 fully saturated rings. The molecule has 0 spiro atoms. The predicted molar refractivity (Wildman–Crippen MR) is 72.2 cm³/mol. The normalized spacial score (nSPS) is 10.8. The Morgan fingerprint density at radius 2 is 2.00 bits per heavy atom. The molecule has 0 aliphatic heterocycles. The van der Waals surface area contributed by atoms with Crippen LogP contribution >= 0.6 is 11.6 Å². The Morgan fingerprint density at radius 1 is 1.17 bits per heavy atom. The topological polar surface area (TPSA) is 26.5 Å². The first-order valence-electron chi connectivity index (χ1n) is 5.56. The second kappa shape index (κ2) is 4.35. The molecule has 4 heteroatoms. The van der Waals surface area contributed by atoms with Gasteiger partial charge in [0.15, 0.2) is 5.65 Å². The van der Waals surface area contributed by atoms with E-state index >= 15 is 0 Å². The van der Waals surface area contributed by atoms with Crippen LogP contribution in [-0.2, 0) is 0 Å². The largest absolute Gasteiger partial charge is 0.496 e. The molecule has 2 heterocycles. The molecule has 3 aromatic rings. The first-order chi connectivity index (χ1) is 8.81. The molecule has 0 unspecified atom stereocenters. The summed E-state index contributed by atoms with van der Waals surface area (Å²) in [6.07, 6.45) is 3.75.